The van der Waals surface area contributed by atoms with Crippen LogP contribution < -0.4 is 0 Å². The lowest BCUT2D eigenvalue weighted by Crippen LogP contribution is -2.33. The number of amides is 2. The summed E-state index contributed by atoms with van der Waals surface area (Å²) in [5, 5.41) is 18.2. The number of likely N-dealkylation sites (N-methyl/N-ethyl adjacent to an activating group) is 2. The molecule has 0 bridgehead atoms. The molecule has 0 aliphatic heterocycles. The van der Waals surface area contributed by atoms with Crippen LogP contribution in [-0.2, 0) is 11.5 Å². The van der Waals surface area contributed by atoms with Crippen molar-refractivity contribution in [3.8, 4) is 0 Å². The molecule has 2 N–H and O–H groups in total. The molecular weight excluding hydrogens is 488 g/mol. The first kappa shape index (κ1) is 28.3. The van der Waals surface area contributed by atoms with Crippen molar-refractivity contribution >= 4 is 51.1 Å². The van der Waals surface area contributed by atoms with Gasteiger partial charge in [0.05, 0.1) is 13.2 Å². The zero-order chi connectivity index (χ0) is 24.9. The third-order valence-electron chi connectivity index (χ3n) is 5.19. The first-order valence-electron chi connectivity index (χ1n) is 11.2. The van der Waals surface area contributed by atoms with Crippen LogP contribution in [0.25, 0.3) is 0 Å². The summed E-state index contributed by atoms with van der Waals surface area (Å²) in [6.07, 6.45) is 0. The third kappa shape index (κ3) is 8.70. The van der Waals surface area contributed by atoms with E-state index in [-0.39, 0.29) is 25.0 Å². The molecular formula is C25H32N2O4S3. The number of hydrogen-bond acceptors (Lipinski definition) is 7. The normalized spacial score (nSPS) is 10.7. The summed E-state index contributed by atoms with van der Waals surface area (Å²) in [6, 6.07) is 15.0. The van der Waals surface area contributed by atoms with Crippen molar-refractivity contribution in [2.45, 2.75) is 25.4 Å². The van der Waals surface area contributed by atoms with E-state index in [0.717, 1.165) is 26.2 Å². The smallest absolute Gasteiger partial charge is 0.253 e. The van der Waals surface area contributed by atoms with Crippen LogP contribution >= 0.6 is 35.7 Å². The Morgan fingerprint density at radius 3 is 1.38 bits per heavy atom. The Kier molecular flexibility index (Phi) is 12.6. The minimum Gasteiger partial charge on any atom is -0.395 e. The minimum absolute atomic E-state index is 0.0478. The van der Waals surface area contributed by atoms with Crippen molar-refractivity contribution < 1.29 is 19.8 Å². The molecule has 2 aromatic carbocycles. The van der Waals surface area contributed by atoms with E-state index in [1.54, 1.807) is 33.3 Å². The van der Waals surface area contributed by atoms with Crippen molar-refractivity contribution in [3.63, 3.8) is 0 Å². The molecule has 0 heterocycles. The molecule has 2 amide bonds. The molecule has 2 aromatic rings. The van der Waals surface area contributed by atoms with Gasteiger partial charge >= 0.3 is 0 Å². The van der Waals surface area contributed by atoms with Gasteiger partial charge in [0.25, 0.3) is 11.8 Å². The zero-order valence-corrected chi connectivity index (χ0v) is 22.1. The molecule has 0 radical (unpaired) electrons. The Bertz CT molecular complexity index is 861. The number of hydrogen-bond donors (Lipinski definition) is 2. The van der Waals surface area contributed by atoms with Crippen LogP contribution in [0.5, 0.6) is 0 Å². The maximum atomic E-state index is 12.5. The number of nitrogens with zero attached hydrogens (tertiary/aromatic N) is 2. The maximum absolute atomic E-state index is 12.5. The van der Waals surface area contributed by atoms with E-state index >= 15 is 0 Å². The SMILES string of the molecule is CCN(CCO)C(=O)c1ccc(CSC(=S)SCc2ccc(C(=O)N(CC)CCO)cc2)cc1. The van der Waals surface area contributed by atoms with E-state index < -0.39 is 0 Å². The molecule has 0 saturated heterocycles. The fourth-order valence-corrected chi connectivity index (χ4v) is 5.22. The molecule has 2 rings (SSSR count). The largest absolute Gasteiger partial charge is 0.395 e. The van der Waals surface area contributed by atoms with E-state index in [0.29, 0.717) is 37.3 Å². The second-order valence-corrected chi connectivity index (χ2v) is 10.6. The summed E-state index contributed by atoms with van der Waals surface area (Å²) in [5.41, 5.74) is 3.39. The maximum Gasteiger partial charge on any atom is 0.253 e. The van der Waals surface area contributed by atoms with Gasteiger partial charge in [-0.05, 0) is 49.2 Å². The number of aliphatic hydroxyl groups is 2. The van der Waals surface area contributed by atoms with Crippen LogP contribution in [-0.4, -0.2) is 74.7 Å². The molecule has 0 fully saturated rings. The predicted octanol–water partition coefficient (Wildman–Crippen LogP) is 4.05. The Hall–Kier alpha value is -1.91. The second-order valence-electron chi connectivity index (χ2n) is 7.44. The second kappa shape index (κ2) is 15.2. The summed E-state index contributed by atoms with van der Waals surface area (Å²) in [4.78, 5) is 28.1. The number of carbonyl (C=O) groups excluding carboxylic acids is 2. The fourth-order valence-electron chi connectivity index (χ4n) is 3.23. The van der Waals surface area contributed by atoms with Gasteiger partial charge in [0.2, 0.25) is 0 Å². The summed E-state index contributed by atoms with van der Waals surface area (Å²) in [6.45, 7) is 5.47. The Balaban J connectivity index is 1.81. The Morgan fingerprint density at radius 1 is 0.735 bits per heavy atom. The standard InChI is InChI=1S/C25H32N2O4S3/c1-3-26(13-15-28)23(30)21-9-5-19(6-10-21)17-33-25(32)34-18-20-7-11-22(12-8-20)24(31)27(4-2)14-16-29/h5-12,28-29H,3-4,13-18H2,1-2H3. The Labute approximate surface area is 215 Å². The number of carbonyl (C=O) groups is 2. The number of thioether (sulfide) groups is 2. The van der Waals surface area contributed by atoms with Gasteiger partial charge in [-0.3, -0.25) is 9.59 Å². The highest BCUT2D eigenvalue weighted by Crippen LogP contribution is 2.25. The molecule has 9 heteroatoms. The number of aliphatic hydroxyl groups excluding tert-OH is 2. The highest BCUT2D eigenvalue weighted by atomic mass is 32.2. The monoisotopic (exact) mass is 520 g/mol. The van der Waals surface area contributed by atoms with Gasteiger partial charge in [0.15, 0.2) is 0 Å². The highest BCUT2D eigenvalue weighted by molar-refractivity contribution is 8.46. The van der Waals surface area contributed by atoms with Crippen molar-refractivity contribution in [2.24, 2.45) is 0 Å². The van der Waals surface area contributed by atoms with Gasteiger partial charge in [-0.1, -0.05) is 36.5 Å². The first-order chi connectivity index (χ1) is 16.4. The lowest BCUT2D eigenvalue weighted by Gasteiger charge is -2.19. The lowest BCUT2D eigenvalue weighted by atomic mass is 10.1. The van der Waals surface area contributed by atoms with Gasteiger partial charge in [-0.15, -0.1) is 23.5 Å². The summed E-state index contributed by atoms with van der Waals surface area (Å²) >= 11 is 8.67. The zero-order valence-electron chi connectivity index (χ0n) is 19.6. The van der Waals surface area contributed by atoms with E-state index in [4.69, 9.17) is 22.4 Å². The van der Waals surface area contributed by atoms with Gasteiger partial charge in [0, 0.05) is 48.8 Å². The minimum atomic E-state index is -0.0784. The van der Waals surface area contributed by atoms with Crippen molar-refractivity contribution in [1.29, 1.82) is 0 Å². The van der Waals surface area contributed by atoms with Crippen molar-refractivity contribution in [3.05, 3.63) is 70.8 Å². The average molecular weight is 521 g/mol. The molecule has 0 unspecified atom stereocenters. The molecule has 34 heavy (non-hydrogen) atoms. The molecule has 0 saturated carbocycles. The summed E-state index contributed by atoms with van der Waals surface area (Å²) in [5.74, 6) is 1.29. The molecule has 0 atom stereocenters. The number of rotatable bonds is 12. The molecule has 0 aliphatic rings. The van der Waals surface area contributed by atoms with Crippen LogP contribution in [0.2, 0.25) is 0 Å². The fraction of sp³-hybridized carbons (Fsp3) is 0.400. The van der Waals surface area contributed by atoms with Gasteiger partial charge < -0.3 is 20.0 Å². The van der Waals surface area contributed by atoms with Crippen molar-refractivity contribution in [2.75, 3.05) is 39.4 Å². The van der Waals surface area contributed by atoms with Gasteiger partial charge in [-0.2, -0.15) is 0 Å². The van der Waals surface area contributed by atoms with E-state index in [9.17, 15) is 9.59 Å². The van der Waals surface area contributed by atoms with Crippen LogP contribution in [0.1, 0.15) is 45.7 Å². The number of thiocarbonyl (C=S) groups is 1. The van der Waals surface area contributed by atoms with E-state index in [1.807, 2.05) is 62.4 Å². The van der Waals surface area contributed by atoms with Gasteiger partial charge in [0.1, 0.15) is 3.53 Å². The highest BCUT2D eigenvalue weighted by Gasteiger charge is 2.14. The lowest BCUT2D eigenvalue weighted by molar-refractivity contribution is 0.0726. The van der Waals surface area contributed by atoms with Crippen molar-refractivity contribution in [1.82, 2.24) is 9.80 Å². The molecule has 0 spiro atoms. The quantitative estimate of drug-likeness (QED) is 0.409. The van der Waals surface area contributed by atoms with E-state index in [1.165, 1.54) is 0 Å². The third-order valence-corrected chi connectivity index (χ3v) is 8.03. The van der Waals surface area contributed by atoms with Crippen LogP contribution in [0, 0.1) is 0 Å². The summed E-state index contributed by atoms with van der Waals surface area (Å²) < 4.78 is 0.834. The summed E-state index contributed by atoms with van der Waals surface area (Å²) in [7, 11) is 0. The first-order valence-corrected chi connectivity index (χ1v) is 13.6. The van der Waals surface area contributed by atoms with Crippen LogP contribution in [0.15, 0.2) is 48.5 Å². The van der Waals surface area contributed by atoms with Gasteiger partial charge in [-0.25, -0.2) is 0 Å². The molecule has 6 nitrogen and oxygen atoms in total. The van der Waals surface area contributed by atoms with Crippen LogP contribution in [0.4, 0.5) is 0 Å². The van der Waals surface area contributed by atoms with Crippen LogP contribution in [0.3, 0.4) is 0 Å². The average Bonchev–Trinajstić information content (AvgIpc) is 2.87. The Morgan fingerprint density at radius 2 is 1.09 bits per heavy atom. The predicted molar refractivity (Wildman–Crippen MR) is 145 cm³/mol. The molecule has 0 aromatic heterocycles. The van der Waals surface area contributed by atoms with E-state index in [2.05, 4.69) is 0 Å². The number of benzene rings is 2. The topological polar surface area (TPSA) is 81.1 Å². The molecule has 184 valence electrons. The molecule has 0 aliphatic carbocycles.